The second-order valence-electron chi connectivity index (χ2n) is 8.41. The predicted octanol–water partition coefficient (Wildman–Crippen LogP) is 5.70. The molecule has 1 aliphatic rings. The van der Waals surface area contributed by atoms with Crippen LogP contribution in [0.1, 0.15) is 42.7 Å². The highest BCUT2D eigenvalue weighted by molar-refractivity contribution is 7.92. The Morgan fingerprint density at radius 3 is 2.58 bits per heavy atom. The van der Waals surface area contributed by atoms with Crippen LogP contribution >= 0.6 is 12.2 Å². The van der Waals surface area contributed by atoms with Crippen molar-refractivity contribution in [3.63, 3.8) is 0 Å². The molecule has 2 heterocycles. The van der Waals surface area contributed by atoms with Crippen LogP contribution in [0.25, 0.3) is 0 Å². The Bertz CT molecular complexity index is 1300. The average Bonchev–Trinajstić information content (AvgIpc) is 3.14. The molecule has 10 heteroatoms. The van der Waals surface area contributed by atoms with E-state index >= 15 is 0 Å². The number of benzene rings is 2. The van der Waals surface area contributed by atoms with Crippen molar-refractivity contribution < 1.29 is 26.3 Å². The smallest absolute Gasteiger partial charge is 0.372 e. The summed E-state index contributed by atoms with van der Waals surface area (Å²) in [4.78, 5) is -0.337. The molecule has 33 heavy (non-hydrogen) atoms. The molecule has 1 fully saturated rings. The van der Waals surface area contributed by atoms with Gasteiger partial charge in [-0.25, -0.2) is 8.42 Å². The van der Waals surface area contributed by atoms with E-state index in [9.17, 15) is 21.6 Å². The molecule has 1 aromatic heterocycles. The van der Waals surface area contributed by atoms with Crippen LogP contribution in [-0.2, 0) is 27.3 Å². The number of rotatable bonds is 5. The molecular formula is C23H23F3N2O3S2. The van der Waals surface area contributed by atoms with E-state index in [1.165, 1.54) is 6.07 Å². The average molecular weight is 497 g/mol. The summed E-state index contributed by atoms with van der Waals surface area (Å²) in [5.41, 5.74) is 0.739. The maximum Gasteiger partial charge on any atom is 0.416 e. The van der Waals surface area contributed by atoms with Gasteiger partial charge in [0.25, 0.3) is 0 Å². The van der Waals surface area contributed by atoms with Gasteiger partial charge in [-0.05, 0) is 49.6 Å². The Balaban J connectivity index is 1.66. The van der Waals surface area contributed by atoms with Crippen LogP contribution in [0.15, 0.2) is 65.6 Å². The lowest BCUT2D eigenvalue weighted by Gasteiger charge is -2.38. The van der Waals surface area contributed by atoms with Gasteiger partial charge in [0.15, 0.2) is 9.84 Å². The second kappa shape index (κ2) is 8.73. The number of hydrogen-bond acceptors (Lipinski definition) is 4. The number of alkyl halides is 3. The molecule has 0 aliphatic carbocycles. The molecule has 1 N–H and O–H groups in total. The van der Waals surface area contributed by atoms with Gasteiger partial charge in [0.2, 0.25) is 0 Å². The first-order valence-electron chi connectivity index (χ1n) is 10.4. The van der Waals surface area contributed by atoms with Crippen molar-refractivity contribution in [2.24, 2.45) is 0 Å². The predicted molar refractivity (Wildman–Crippen MR) is 120 cm³/mol. The van der Waals surface area contributed by atoms with Gasteiger partial charge in [0, 0.05) is 6.61 Å². The van der Waals surface area contributed by atoms with Gasteiger partial charge in [-0.1, -0.05) is 48.6 Å². The molecule has 2 unspecified atom stereocenters. The van der Waals surface area contributed by atoms with E-state index in [4.69, 9.17) is 17.0 Å². The summed E-state index contributed by atoms with van der Waals surface area (Å²) in [5.74, 6) is 0. The first-order chi connectivity index (χ1) is 15.5. The SMILES string of the molecule is CC1(S(=O)(=O)c2cccc(C(F)(F)F)c2)CCOC(c2cc(=S)[nH]n2Cc2ccccc2)C1. The second-order valence-corrected chi connectivity index (χ2v) is 11.3. The summed E-state index contributed by atoms with van der Waals surface area (Å²) in [6.45, 7) is 2.22. The molecular weight excluding hydrogens is 473 g/mol. The number of H-pyrrole nitrogens is 1. The topological polar surface area (TPSA) is 64.1 Å². The van der Waals surface area contributed by atoms with Crippen molar-refractivity contribution in [3.05, 3.63) is 82.1 Å². The molecule has 0 radical (unpaired) electrons. The van der Waals surface area contributed by atoms with Crippen LogP contribution in [0.3, 0.4) is 0 Å². The highest BCUT2D eigenvalue weighted by Crippen LogP contribution is 2.43. The van der Waals surface area contributed by atoms with Crippen LogP contribution in [0.2, 0.25) is 0 Å². The normalized spacial score (nSPS) is 21.8. The van der Waals surface area contributed by atoms with Crippen molar-refractivity contribution in [2.75, 3.05) is 6.61 Å². The lowest BCUT2D eigenvalue weighted by molar-refractivity contribution is -0.137. The minimum Gasteiger partial charge on any atom is -0.372 e. The summed E-state index contributed by atoms with van der Waals surface area (Å²) < 4.78 is 73.4. The van der Waals surface area contributed by atoms with Crippen LogP contribution in [-0.4, -0.2) is 29.6 Å². The van der Waals surface area contributed by atoms with E-state index in [2.05, 4.69) is 5.10 Å². The Morgan fingerprint density at radius 1 is 1.15 bits per heavy atom. The third-order valence-corrected chi connectivity index (χ3v) is 8.79. The van der Waals surface area contributed by atoms with E-state index in [1.807, 2.05) is 35.0 Å². The number of nitrogens with one attached hydrogen (secondary N) is 1. The molecule has 0 spiro atoms. The van der Waals surface area contributed by atoms with E-state index in [1.54, 1.807) is 13.0 Å². The first kappa shape index (κ1) is 23.7. The monoisotopic (exact) mass is 496 g/mol. The number of nitrogens with zero attached hydrogens (tertiary/aromatic N) is 1. The van der Waals surface area contributed by atoms with Crippen LogP contribution in [0, 0.1) is 4.64 Å². The lowest BCUT2D eigenvalue weighted by atomic mass is 9.95. The molecule has 4 rings (SSSR count). The molecule has 0 saturated carbocycles. The Morgan fingerprint density at radius 2 is 1.88 bits per heavy atom. The molecule has 2 atom stereocenters. The fraction of sp³-hybridized carbons (Fsp3) is 0.348. The zero-order chi connectivity index (χ0) is 23.9. The van der Waals surface area contributed by atoms with Crippen molar-refractivity contribution in [1.82, 2.24) is 9.78 Å². The Hall–Kier alpha value is -2.43. The third-order valence-electron chi connectivity index (χ3n) is 6.04. The van der Waals surface area contributed by atoms with Crippen LogP contribution in [0.5, 0.6) is 0 Å². The fourth-order valence-corrected chi connectivity index (χ4v) is 6.20. The largest absolute Gasteiger partial charge is 0.416 e. The molecule has 0 bridgehead atoms. The number of hydrogen-bond donors (Lipinski definition) is 1. The van der Waals surface area contributed by atoms with Gasteiger partial charge < -0.3 is 4.74 Å². The van der Waals surface area contributed by atoms with Gasteiger partial charge in [-0.2, -0.15) is 13.2 Å². The highest BCUT2D eigenvalue weighted by Gasteiger charge is 2.46. The third kappa shape index (κ3) is 4.78. The Kier molecular flexibility index (Phi) is 6.28. The van der Waals surface area contributed by atoms with Crippen molar-refractivity contribution in [3.8, 4) is 0 Å². The van der Waals surface area contributed by atoms with E-state index in [0.717, 1.165) is 17.7 Å². The molecule has 3 aromatic rings. The molecule has 176 valence electrons. The van der Waals surface area contributed by atoms with E-state index in [-0.39, 0.29) is 24.3 Å². The van der Waals surface area contributed by atoms with Gasteiger partial charge in [0.1, 0.15) is 10.7 Å². The van der Waals surface area contributed by atoms with E-state index in [0.29, 0.717) is 22.9 Å². The maximum atomic E-state index is 13.5. The number of aromatic nitrogens is 2. The number of aromatic amines is 1. The van der Waals surface area contributed by atoms with Crippen LogP contribution < -0.4 is 0 Å². The number of halogens is 3. The molecule has 0 amide bonds. The number of sulfone groups is 1. The zero-order valence-electron chi connectivity index (χ0n) is 17.8. The van der Waals surface area contributed by atoms with Crippen LogP contribution in [0.4, 0.5) is 13.2 Å². The van der Waals surface area contributed by atoms with Gasteiger partial charge in [0.05, 0.1) is 27.4 Å². The number of ether oxygens (including phenoxy) is 1. The molecule has 2 aromatic carbocycles. The summed E-state index contributed by atoms with van der Waals surface area (Å²) in [6, 6.07) is 15.3. The molecule has 5 nitrogen and oxygen atoms in total. The summed E-state index contributed by atoms with van der Waals surface area (Å²) >= 11 is 5.31. The Labute approximate surface area is 195 Å². The first-order valence-corrected chi connectivity index (χ1v) is 12.3. The zero-order valence-corrected chi connectivity index (χ0v) is 19.4. The minimum absolute atomic E-state index is 0.0903. The quantitative estimate of drug-likeness (QED) is 0.461. The summed E-state index contributed by atoms with van der Waals surface area (Å²) in [5, 5.41) is 3.09. The minimum atomic E-state index is -4.63. The molecule has 1 saturated heterocycles. The fourth-order valence-electron chi connectivity index (χ4n) is 4.13. The van der Waals surface area contributed by atoms with Crippen molar-refractivity contribution >= 4 is 22.1 Å². The lowest BCUT2D eigenvalue weighted by Crippen LogP contribution is -2.42. The van der Waals surface area contributed by atoms with Gasteiger partial charge in [-0.15, -0.1) is 0 Å². The summed E-state index contributed by atoms with van der Waals surface area (Å²) in [6.07, 6.45) is -4.95. The van der Waals surface area contributed by atoms with Crippen molar-refractivity contribution in [2.45, 2.75) is 48.2 Å². The molecule has 1 aliphatic heterocycles. The van der Waals surface area contributed by atoms with Gasteiger partial charge >= 0.3 is 6.18 Å². The maximum absolute atomic E-state index is 13.5. The summed E-state index contributed by atoms with van der Waals surface area (Å²) in [7, 11) is -4.08. The standard InChI is InChI=1S/C23H23F3N2O3S2/c1-22(33(29,30)18-9-5-8-17(12-18)23(24,25)26)10-11-31-20(14-22)19-13-21(32)27-28(19)15-16-6-3-2-4-7-16/h2-9,12-13,20H,10-11,14-15H2,1H3,(H,27,32). The van der Waals surface area contributed by atoms with Gasteiger partial charge in [-0.3, -0.25) is 9.78 Å². The van der Waals surface area contributed by atoms with E-state index < -0.39 is 32.4 Å². The van der Waals surface area contributed by atoms with Crippen molar-refractivity contribution in [1.29, 1.82) is 0 Å². The highest BCUT2D eigenvalue weighted by atomic mass is 32.2.